The van der Waals surface area contributed by atoms with Crippen LogP contribution in [-0.2, 0) is 0 Å². The van der Waals surface area contributed by atoms with Gasteiger partial charge in [-0.05, 0) is 36.9 Å². The zero-order valence-electron chi connectivity index (χ0n) is 16.4. The lowest BCUT2D eigenvalue weighted by Gasteiger charge is -2.38. The smallest absolute Gasteiger partial charge is 0.257 e. The van der Waals surface area contributed by atoms with Crippen LogP contribution in [0.15, 0.2) is 65.6 Å². The van der Waals surface area contributed by atoms with Crippen molar-refractivity contribution in [3.05, 3.63) is 78.3 Å². The summed E-state index contributed by atoms with van der Waals surface area (Å²) in [6, 6.07) is 11.9. The van der Waals surface area contributed by atoms with E-state index in [1.165, 1.54) is 24.7 Å². The quantitative estimate of drug-likeness (QED) is 0.523. The number of rotatable bonds is 3. The second kappa shape index (κ2) is 7.38. The first-order chi connectivity index (χ1) is 14.6. The fourth-order valence-corrected chi connectivity index (χ4v) is 3.91. The highest BCUT2D eigenvalue weighted by atomic mass is 19.1. The number of amides is 1. The van der Waals surface area contributed by atoms with Crippen LogP contribution in [0.5, 0.6) is 0 Å². The molecule has 3 aromatic heterocycles. The van der Waals surface area contributed by atoms with Crippen LogP contribution in [0.2, 0.25) is 0 Å². The summed E-state index contributed by atoms with van der Waals surface area (Å²) in [6.07, 6.45) is 4.82. The molecule has 0 N–H and O–H groups in total. The van der Waals surface area contributed by atoms with Gasteiger partial charge < -0.3 is 9.32 Å². The molecule has 8 heteroatoms. The Hall–Kier alpha value is -3.52. The van der Waals surface area contributed by atoms with Crippen LogP contribution in [0.25, 0.3) is 16.6 Å². The van der Waals surface area contributed by atoms with E-state index in [9.17, 15) is 9.18 Å². The molecule has 1 aliphatic heterocycles. The molecule has 4 heterocycles. The van der Waals surface area contributed by atoms with E-state index >= 15 is 0 Å². The Kier molecular flexibility index (Phi) is 4.55. The average molecular weight is 405 g/mol. The van der Waals surface area contributed by atoms with Crippen molar-refractivity contribution in [2.75, 3.05) is 26.7 Å². The number of fused-ring (bicyclic) bond motifs is 1. The largest absolute Gasteiger partial charge is 0.472 e. The van der Waals surface area contributed by atoms with Gasteiger partial charge in [-0.2, -0.15) is 0 Å². The molecule has 0 unspecified atom stereocenters. The number of piperazine rings is 1. The third-order valence-corrected chi connectivity index (χ3v) is 5.62. The topological polar surface area (TPSA) is 66.9 Å². The molecule has 1 fully saturated rings. The fourth-order valence-electron chi connectivity index (χ4n) is 3.91. The van der Waals surface area contributed by atoms with Crippen LogP contribution in [0.3, 0.4) is 0 Å². The third kappa shape index (κ3) is 3.25. The average Bonchev–Trinajstić information content (AvgIpc) is 3.43. The number of halogens is 1. The number of benzene rings is 1. The Balaban J connectivity index is 1.45. The second-order valence-corrected chi connectivity index (χ2v) is 7.49. The Labute approximate surface area is 172 Å². The highest BCUT2D eigenvalue weighted by molar-refractivity contribution is 5.94. The highest BCUT2D eigenvalue weighted by Gasteiger charge is 2.32. The van der Waals surface area contributed by atoms with Gasteiger partial charge in [-0.15, -0.1) is 5.10 Å². The van der Waals surface area contributed by atoms with Crippen LogP contribution in [0.4, 0.5) is 4.39 Å². The second-order valence-electron chi connectivity index (χ2n) is 7.49. The number of likely N-dealkylation sites (N-methyl/N-ethyl adjacent to an activating group) is 1. The van der Waals surface area contributed by atoms with Gasteiger partial charge in [0.1, 0.15) is 17.8 Å². The van der Waals surface area contributed by atoms with E-state index in [-0.39, 0.29) is 17.8 Å². The summed E-state index contributed by atoms with van der Waals surface area (Å²) in [5, 5.41) is 8.70. The van der Waals surface area contributed by atoms with Gasteiger partial charge in [-0.25, -0.2) is 8.91 Å². The molecule has 1 aromatic carbocycles. The van der Waals surface area contributed by atoms with E-state index in [2.05, 4.69) is 15.2 Å². The zero-order chi connectivity index (χ0) is 20.7. The lowest BCUT2D eigenvalue weighted by molar-refractivity contribution is 0.0541. The Morgan fingerprint density at radius 3 is 2.87 bits per heavy atom. The predicted octanol–water partition coefficient (Wildman–Crippen LogP) is 3.26. The van der Waals surface area contributed by atoms with Crippen molar-refractivity contribution in [1.82, 2.24) is 24.6 Å². The molecular weight excluding hydrogens is 385 g/mol. The number of carbonyl (C=O) groups excluding carboxylic acids is 1. The van der Waals surface area contributed by atoms with Gasteiger partial charge in [0.25, 0.3) is 5.91 Å². The first-order valence-electron chi connectivity index (χ1n) is 9.73. The summed E-state index contributed by atoms with van der Waals surface area (Å²) in [6.45, 7) is 1.88. The van der Waals surface area contributed by atoms with Crippen molar-refractivity contribution < 1.29 is 13.6 Å². The molecule has 0 bridgehead atoms. The zero-order valence-corrected chi connectivity index (χ0v) is 16.4. The molecular formula is C22H20FN5O2. The standard InChI is InChI=1S/C22H20FN5O2/c1-26-8-9-27(22(29)17-7-10-30-14-17)13-20(26)21-19-6-5-16(12-28(19)25-24-21)15-3-2-4-18(23)11-15/h2-7,10-12,14,20H,8-9,13H2,1H3/t20-/m0/s1. The molecule has 1 atom stereocenters. The Morgan fingerprint density at radius 2 is 2.07 bits per heavy atom. The summed E-state index contributed by atoms with van der Waals surface area (Å²) < 4.78 is 20.3. The van der Waals surface area contributed by atoms with Crippen LogP contribution in [-0.4, -0.2) is 57.2 Å². The SMILES string of the molecule is CN1CCN(C(=O)c2ccoc2)C[C@H]1c1nnn2cc(-c3cccc(F)c3)ccc12. The summed E-state index contributed by atoms with van der Waals surface area (Å²) in [5.41, 5.74) is 3.86. The number of furan rings is 1. The molecule has 30 heavy (non-hydrogen) atoms. The molecule has 0 radical (unpaired) electrons. The molecule has 0 saturated carbocycles. The maximum Gasteiger partial charge on any atom is 0.257 e. The van der Waals surface area contributed by atoms with E-state index in [0.29, 0.717) is 18.7 Å². The normalized spacial score (nSPS) is 17.5. The minimum absolute atomic E-state index is 0.0493. The predicted molar refractivity (Wildman–Crippen MR) is 108 cm³/mol. The van der Waals surface area contributed by atoms with Crippen molar-refractivity contribution in [1.29, 1.82) is 0 Å². The molecule has 5 rings (SSSR count). The number of carbonyl (C=O) groups is 1. The first kappa shape index (κ1) is 18.5. The monoisotopic (exact) mass is 405 g/mol. The number of hydrogen-bond donors (Lipinski definition) is 0. The van der Waals surface area contributed by atoms with Crippen LogP contribution >= 0.6 is 0 Å². The minimum Gasteiger partial charge on any atom is -0.472 e. The summed E-state index contributed by atoms with van der Waals surface area (Å²) in [5.74, 6) is -0.329. The van der Waals surface area contributed by atoms with Crippen molar-refractivity contribution >= 4 is 11.4 Å². The molecule has 7 nitrogen and oxygen atoms in total. The molecule has 0 spiro atoms. The van der Waals surface area contributed by atoms with Crippen molar-refractivity contribution in [3.8, 4) is 11.1 Å². The van der Waals surface area contributed by atoms with Crippen LogP contribution < -0.4 is 0 Å². The Bertz CT molecular complexity index is 1200. The lowest BCUT2D eigenvalue weighted by Crippen LogP contribution is -2.49. The summed E-state index contributed by atoms with van der Waals surface area (Å²) in [4.78, 5) is 16.8. The molecule has 4 aromatic rings. The van der Waals surface area contributed by atoms with Gasteiger partial charge in [0.05, 0.1) is 23.4 Å². The van der Waals surface area contributed by atoms with E-state index in [1.807, 2.05) is 36.3 Å². The van der Waals surface area contributed by atoms with Gasteiger partial charge in [0.2, 0.25) is 0 Å². The Morgan fingerprint density at radius 1 is 1.17 bits per heavy atom. The van der Waals surface area contributed by atoms with Gasteiger partial charge in [-0.1, -0.05) is 23.4 Å². The molecule has 1 amide bonds. The fraction of sp³-hybridized carbons (Fsp3) is 0.227. The number of pyridine rings is 1. The number of aromatic nitrogens is 3. The summed E-state index contributed by atoms with van der Waals surface area (Å²) >= 11 is 0. The molecule has 0 aliphatic carbocycles. The first-order valence-corrected chi connectivity index (χ1v) is 9.73. The maximum atomic E-state index is 13.6. The number of hydrogen-bond acceptors (Lipinski definition) is 5. The highest BCUT2D eigenvalue weighted by Crippen LogP contribution is 2.28. The van der Waals surface area contributed by atoms with Gasteiger partial charge >= 0.3 is 0 Å². The van der Waals surface area contributed by atoms with Crippen molar-refractivity contribution in [2.45, 2.75) is 6.04 Å². The molecule has 1 saturated heterocycles. The van der Waals surface area contributed by atoms with E-state index in [4.69, 9.17) is 4.42 Å². The van der Waals surface area contributed by atoms with Crippen LogP contribution in [0.1, 0.15) is 22.1 Å². The number of nitrogens with zero attached hydrogens (tertiary/aromatic N) is 5. The van der Waals surface area contributed by atoms with Gasteiger partial charge in [0.15, 0.2) is 0 Å². The maximum absolute atomic E-state index is 13.6. The molecule has 152 valence electrons. The van der Waals surface area contributed by atoms with E-state index < -0.39 is 0 Å². The van der Waals surface area contributed by atoms with Crippen LogP contribution in [0, 0.1) is 5.82 Å². The van der Waals surface area contributed by atoms with Crippen molar-refractivity contribution in [3.63, 3.8) is 0 Å². The van der Waals surface area contributed by atoms with Gasteiger partial charge in [-0.3, -0.25) is 9.69 Å². The van der Waals surface area contributed by atoms with Gasteiger partial charge in [0, 0.05) is 31.4 Å². The summed E-state index contributed by atoms with van der Waals surface area (Å²) in [7, 11) is 2.02. The minimum atomic E-state index is -0.280. The lowest BCUT2D eigenvalue weighted by atomic mass is 10.1. The van der Waals surface area contributed by atoms with Crippen molar-refractivity contribution in [2.24, 2.45) is 0 Å². The molecule has 1 aliphatic rings. The third-order valence-electron chi connectivity index (χ3n) is 5.62. The van der Waals surface area contributed by atoms with E-state index in [0.717, 1.165) is 28.9 Å². The van der Waals surface area contributed by atoms with E-state index in [1.54, 1.807) is 16.6 Å².